The van der Waals surface area contributed by atoms with Gasteiger partial charge in [-0.25, -0.2) is 0 Å². The lowest BCUT2D eigenvalue weighted by Gasteiger charge is -2.35. The van der Waals surface area contributed by atoms with E-state index in [1.54, 1.807) is 6.07 Å². The lowest BCUT2D eigenvalue weighted by atomic mass is 9.83. The molecule has 0 radical (unpaired) electrons. The molecule has 2 heteroatoms. The molecule has 0 amide bonds. The average Bonchev–Trinajstić information content (AvgIpc) is 2.16. The highest BCUT2D eigenvalue weighted by atomic mass is 16.5. The Morgan fingerprint density at radius 3 is 2.87 bits per heavy atom. The van der Waals surface area contributed by atoms with Gasteiger partial charge in [-0.3, -0.25) is 0 Å². The molecule has 0 saturated carbocycles. The molecule has 1 aliphatic heterocycles. The summed E-state index contributed by atoms with van der Waals surface area (Å²) in [5, 5.41) is 9.44. The number of hydrogen-bond acceptors (Lipinski definition) is 2. The van der Waals surface area contributed by atoms with E-state index in [1.807, 2.05) is 12.1 Å². The van der Waals surface area contributed by atoms with Crippen LogP contribution in [-0.2, 0) is 4.74 Å². The molecule has 1 saturated heterocycles. The maximum absolute atomic E-state index is 9.44. The van der Waals surface area contributed by atoms with Crippen molar-refractivity contribution in [2.75, 3.05) is 6.61 Å². The van der Waals surface area contributed by atoms with Crippen LogP contribution in [0, 0.1) is 0 Å². The molecule has 15 heavy (non-hydrogen) atoms. The monoisotopic (exact) mass is 206 g/mol. The van der Waals surface area contributed by atoms with Gasteiger partial charge in [0.1, 0.15) is 5.75 Å². The highest BCUT2D eigenvalue weighted by molar-refractivity contribution is 5.30. The number of aromatic hydroxyl groups is 1. The lowest BCUT2D eigenvalue weighted by Crippen LogP contribution is -2.32. The topological polar surface area (TPSA) is 29.5 Å². The van der Waals surface area contributed by atoms with Gasteiger partial charge < -0.3 is 9.84 Å². The summed E-state index contributed by atoms with van der Waals surface area (Å²) >= 11 is 0. The molecular weight excluding hydrogens is 188 g/mol. The Kier molecular flexibility index (Phi) is 2.70. The zero-order valence-electron chi connectivity index (χ0n) is 9.36. The molecule has 0 aliphatic carbocycles. The van der Waals surface area contributed by atoms with E-state index < -0.39 is 0 Å². The van der Waals surface area contributed by atoms with Crippen molar-refractivity contribution in [1.82, 2.24) is 0 Å². The van der Waals surface area contributed by atoms with Crippen LogP contribution in [0.3, 0.4) is 0 Å². The third kappa shape index (κ3) is 2.51. The molecule has 1 fully saturated rings. The molecule has 82 valence electrons. The number of rotatable bonds is 1. The molecule has 1 aromatic carbocycles. The first-order valence-corrected chi connectivity index (χ1v) is 5.50. The van der Waals surface area contributed by atoms with Crippen molar-refractivity contribution in [1.29, 1.82) is 0 Å². The maximum Gasteiger partial charge on any atom is 0.115 e. The Morgan fingerprint density at radius 2 is 2.20 bits per heavy atom. The zero-order valence-corrected chi connectivity index (χ0v) is 9.36. The fourth-order valence-corrected chi connectivity index (χ4v) is 2.30. The van der Waals surface area contributed by atoms with E-state index in [1.165, 1.54) is 5.56 Å². The van der Waals surface area contributed by atoms with Gasteiger partial charge in [-0.05, 0) is 50.3 Å². The SMILES string of the molecule is CC1(C)CC(c2cccc(O)c2)CCO1. The van der Waals surface area contributed by atoms with Gasteiger partial charge in [0.15, 0.2) is 0 Å². The molecular formula is C13H18O2. The minimum atomic E-state index is -0.0334. The van der Waals surface area contributed by atoms with Crippen molar-refractivity contribution in [3.05, 3.63) is 29.8 Å². The van der Waals surface area contributed by atoms with Crippen molar-refractivity contribution in [3.63, 3.8) is 0 Å². The average molecular weight is 206 g/mol. The van der Waals surface area contributed by atoms with Gasteiger partial charge >= 0.3 is 0 Å². The minimum absolute atomic E-state index is 0.0334. The van der Waals surface area contributed by atoms with Gasteiger partial charge in [-0.2, -0.15) is 0 Å². The molecule has 2 nitrogen and oxygen atoms in total. The van der Waals surface area contributed by atoms with Crippen LogP contribution in [0.5, 0.6) is 5.75 Å². The largest absolute Gasteiger partial charge is 0.508 e. The van der Waals surface area contributed by atoms with Crippen LogP contribution >= 0.6 is 0 Å². The van der Waals surface area contributed by atoms with Crippen LogP contribution in [0.15, 0.2) is 24.3 Å². The molecule has 0 spiro atoms. The van der Waals surface area contributed by atoms with Gasteiger partial charge in [-0.1, -0.05) is 12.1 Å². The number of ether oxygens (including phenoxy) is 1. The molecule has 1 unspecified atom stereocenters. The molecule has 0 bridgehead atoms. The van der Waals surface area contributed by atoms with Gasteiger partial charge in [-0.15, -0.1) is 0 Å². The van der Waals surface area contributed by atoms with E-state index in [4.69, 9.17) is 4.74 Å². The van der Waals surface area contributed by atoms with E-state index in [2.05, 4.69) is 19.9 Å². The number of hydrogen-bond donors (Lipinski definition) is 1. The Morgan fingerprint density at radius 1 is 1.40 bits per heavy atom. The van der Waals surface area contributed by atoms with Gasteiger partial charge in [0.2, 0.25) is 0 Å². The fourth-order valence-electron chi connectivity index (χ4n) is 2.30. The standard InChI is InChI=1S/C13H18O2/c1-13(2)9-11(6-7-15-13)10-4-3-5-12(14)8-10/h3-5,8,11,14H,6-7,9H2,1-2H3. The van der Waals surface area contributed by atoms with Crippen LogP contribution in [-0.4, -0.2) is 17.3 Å². The Hall–Kier alpha value is -1.02. The van der Waals surface area contributed by atoms with E-state index in [0.717, 1.165) is 19.4 Å². The Balaban J connectivity index is 2.17. The van der Waals surface area contributed by atoms with Crippen molar-refractivity contribution < 1.29 is 9.84 Å². The molecule has 1 N–H and O–H groups in total. The first kappa shape index (κ1) is 10.5. The van der Waals surface area contributed by atoms with Gasteiger partial charge in [0, 0.05) is 6.61 Å². The number of phenols is 1. The van der Waals surface area contributed by atoms with E-state index in [0.29, 0.717) is 11.7 Å². The summed E-state index contributed by atoms with van der Waals surface area (Å²) in [4.78, 5) is 0. The summed E-state index contributed by atoms with van der Waals surface area (Å²) in [5.41, 5.74) is 1.19. The van der Waals surface area contributed by atoms with E-state index in [9.17, 15) is 5.11 Å². The van der Waals surface area contributed by atoms with Gasteiger partial charge in [0.05, 0.1) is 5.60 Å². The van der Waals surface area contributed by atoms with Crippen LogP contribution in [0.1, 0.15) is 38.2 Å². The first-order chi connectivity index (χ1) is 7.07. The summed E-state index contributed by atoms with van der Waals surface area (Å²) < 4.78 is 5.68. The predicted octanol–water partition coefficient (Wildman–Crippen LogP) is 3.06. The smallest absolute Gasteiger partial charge is 0.115 e. The third-order valence-electron chi connectivity index (χ3n) is 3.04. The Bertz CT molecular complexity index is 344. The predicted molar refractivity (Wildman–Crippen MR) is 60.1 cm³/mol. The van der Waals surface area contributed by atoms with Crippen LogP contribution in [0.4, 0.5) is 0 Å². The molecule has 1 aliphatic rings. The summed E-state index contributed by atoms with van der Waals surface area (Å²) in [6.07, 6.45) is 2.07. The normalized spacial score (nSPS) is 25.1. The third-order valence-corrected chi connectivity index (χ3v) is 3.04. The second-order valence-corrected chi connectivity index (χ2v) is 4.89. The quantitative estimate of drug-likeness (QED) is 0.765. The minimum Gasteiger partial charge on any atom is -0.508 e. The van der Waals surface area contributed by atoms with E-state index >= 15 is 0 Å². The molecule has 0 aromatic heterocycles. The van der Waals surface area contributed by atoms with Crippen molar-refractivity contribution in [2.24, 2.45) is 0 Å². The van der Waals surface area contributed by atoms with Crippen molar-refractivity contribution >= 4 is 0 Å². The number of phenolic OH excluding ortho intramolecular Hbond substituents is 1. The highest BCUT2D eigenvalue weighted by Crippen LogP contribution is 2.36. The number of benzene rings is 1. The summed E-state index contributed by atoms with van der Waals surface area (Å²) in [6, 6.07) is 7.58. The van der Waals surface area contributed by atoms with Crippen LogP contribution in [0.25, 0.3) is 0 Å². The molecule has 1 atom stereocenters. The van der Waals surface area contributed by atoms with E-state index in [-0.39, 0.29) is 5.60 Å². The fraction of sp³-hybridized carbons (Fsp3) is 0.538. The second-order valence-electron chi connectivity index (χ2n) is 4.89. The molecule has 2 rings (SSSR count). The second kappa shape index (κ2) is 3.86. The van der Waals surface area contributed by atoms with Crippen LogP contribution in [0.2, 0.25) is 0 Å². The van der Waals surface area contributed by atoms with Crippen molar-refractivity contribution in [2.45, 2.75) is 38.2 Å². The molecule has 1 aromatic rings. The van der Waals surface area contributed by atoms with Crippen molar-refractivity contribution in [3.8, 4) is 5.75 Å². The first-order valence-electron chi connectivity index (χ1n) is 5.50. The lowest BCUT2D eigenvalue weighted by molar-refractivity contribution is -0.0593. The zero-order chi connectivity index (χ0) is 10.9. The molecule has 1 heterocycles. The van der Waals surface area contributed by atoms with Crippen LogP contribution < -0.4 is 0 Å². The Labute approximate surface area is 90.9 Å². The van der Waals surface area contributed by atoms with Gasteiger partial charge in [0.25, 0.3) is 0 Å². The highest BCUT2D eigenvalue weighted by Gasteiger charge is 2.29. The summed E-state index contributed by atoms with van der Waals surface area (Å²) in [6.45, 7) is 5.07. The summed E-state index contributed by atoms with van der Waals surface area (Å²) in [7, 11) is 0. The maximum atomic E-state index is 9.44. The summed E-state index contributed by atoms with van der Waals surface area (Å²) in [5.74, 6) is 0.873.